The van der Waals surface area contributed by atoms with Gasteiger partial charge in [0.05, 0.1) is 14.2 Å². The Kier molecular flexibility index (Phi) is 6.26. The number of rotatable bonds is 7. The van der Waals surface area contributed by atoms with E-state index in [1.807, 2.05) is 6.92 Å². The lowest BCUT2D eigenvalue weighted by Gasteiger charge is -2.09. The first-order valence-electron chi connectivity index (χ1n) is 6.40. The van der Waals surface area contributed by atoms with Gasteiger partial charge in [0.15, 0.2) is 0 Å². The standard InChI is InChI=1S/C15H19NO5/c1-4-10(15(18)20-3)5-6-21-13-8-11(14(16)17)7-12(9-13)19-2/h5,7-9H,4,6H2,1-3H3,(H2,16,17)/b10-5-. The van der Waals surface area contributed by atoms with Crippen molar-refractivity contribution in [3.8, 4) is 11.5 Å². The summed E-state index contributed by atoms with van der Waals surface area (Å²) in [4.78, 5) is 22.6. The molecule has 2 N–H and O–H groups in total. The molecule has 0 aliphatic rings. The van der Waals surface area contributed by atoms with Crippen molar-refractivity contribution in [2.75, 3.05) is 20.8 Å². The summed E-state index contributed by atoms with van der Waals surface area (Å²) in [6, 6.07) is 4.67. The van der Waals surface area contributed by atoms with Crippen LogP contribution in [0, 0.1) is 0 Å². The lowest BCUT2D eigenvalue weighted by atomic mass is 10.2. The molecule has 1 rings (SSSR count). The molecule has 1 aromatic rings. The lowest BCUT2D eigenvalue weighted by Crippen LogP contribution is -2.11. The van der Waals surface area contributed by atoms with Gasteiger partial charge in [-0.15, -0.1) is 0 Å². The van der Waals surface area contributed by atoms with Gasteiger partial charge in [0.2, 0.25) is 5.91 Å². The number of methoxy groups -OCH3 is 2. The molecule has 0 aliphatic carbocycles. The molecule has 0 saturated heterocycles. The Morgan fingerprint density at radius 3 is 2.38 bits per heavy atom. The van der Waals surface area contributed by atoms with Crippen LogP contribution in [0.4, 0.5) is 0 Å². The van der Waals surface area contributed by atoms with E-state index < -0.39 is 5.91 Å². The molecular formula is C15H19NO5. The van der Waals surface area contributed by atoms with Gasteiger partial charge in [-0.1, -0.05) is 6.92 Å². The van der Waals surface area contributed by atoms with E-state index in [9.17, 15) is 9.59 Å². The molecule has 0 atom stereocenters. The van der Waals surface area contributed by atoms with Gasteiger partial charge in [0, 0.05) is 17.2 Å². The SMILES string of the molecule is CC/C(=C/COc1cc(OC)cc(C(N)=O)c1)C(=O)OC. The van der Waals surface area contributed by atoms with Crippen molar-refractivity contribution in [3.63, 3.8) is 0 Å². The quantitative estimate of drug-likeness (QED) is 0.610. The minimum Gasteiger partial charge on any atom is -0.497 e. The maximum absolute atomic E-state index is 11.4. The van der Waals surface area contributed by atoms with Crippen molar-refractivity contribution in [1.82, 2.24) is 0 Å². The van der Waals surface area contributed by atoms with Gasteiger partial charge in [-0.05, 0) is 24.6 Å². The van der Waals surface area contributed by atoms with Gasteiger partial charge in [-0.3, -0.25) is 4.79 Å². The average Bonchev–Trinajstić information content (AvgIpc) is 2.50. The van der Waals surface area contributed by atoms with Gasteiger partial charge in [0.25, 0.3) is 0 Å². The smallest absolute Gasteiger partial charge is 0.333 e. The summed E-state index contributed by atoms with van der Waals surface area (Å²) in [7, 11) is 2.81. The van der Waals surface area contributed by atoms with E-state index in [0.717, 1.165) is 0 Å². The second kappa shape index (κ2) is 7.94. The van der Waals surface area contributed by atoms with E-state index in [1.165, 1.54) is 26.4 Å². The van der Waals surface area contributed by atoms with Crippen LogP contribution in [-0.4, -0.2) is 32.7 Å². The van der Waals surface area contributed by atoms with E-state index in [0.29, 0.717) is 23.5 Å². The van der Waals surface area contributed by atoms with Gasteiger partial charge < -0.3 is 19.9 Å². The highest BCUT2D eigenvalue weighted by molar-refractivity contribution is 5.93. The number of ether oxygens (including phenoxy) is 3. The summed E-state index contributed by atoms with van der Waals surface area (Å²) in [6.07, 6.45) is 2.18. The van der Waals surface area contributed by atoms with Gasteiger partial charge in [-0.25, -0.2) is 4.79 Å². The van der Waals surface area contributed by atoms with E-state index in [4.69, 9.17) is 15.2 Å². The van der Waals surface area contributed by atoms with E-state index >= 15 is 0 Å². The molecular weight excluding hydrogens is 274 g/mol. The Balaban J connectivity index is 2.83. The first kappa shape index (κ1) is 16.6. The fourth-order valence-corrected chi connectivity index (χ4v) is 1.66. The highest BCUT2D eigenvalue weighted by atomic mass is 16.5. The molecule has 0 radical (unpaired) electrons. The number of hydrogen-bond acceptors (Lipinski definition) is 5. The molecule has 114 valence electrons. The van der Waals surface area contributed by atoms with Gasteiger partial charge in [-0.2, -0.15) is 0 Å². The third kappa shape index (κ3) is 4.83. The van der Waals surface area contributed by atoms with E-state index in [1.54, 1.807) is 12.1 Å². The van der Waals surface area contributed by atoms with Crippen LogP contribution in [0.5, 0.6) is 11.5 Å². The molecule has 1 aromatic carbocycles. The van der Waals surface area contributed by atoms with Crippen molar-refractivity contribution in [1.29, 1.82) is 0 Å². The predicted octanol–water partition coefficient (Wildman–Crippen LogP) is 1.68. The fraction of sp³-hybridized carbons (Fsp3) is 0.333. The summed E-state index contributed by atoms with van der Waals surface area (Å²) in [5, 5.41) is 0. The molecule has 0 spiro atoms. The van der Waals surface area contributed by atoms with Crippen LogP contribution in [0.1, 0.15) is 23.7 Å². The molecule has 6 nitrogen and oxygen atoms in total. The second-order valence-electron chi connectivity index (χ2n) is 4.15. The monoisotopic (exact) mass is 293 g/mol. The Labute approximate surface area is 123 Å². The molecule has 0 aliphatic heterocycles. The summed E-state index contributed by atoms with van der Waals surface area (Å²) < 4.78 is 15.2. The van der Waals surface area contributed by atoms with Crippen LogP contribution in [0.2, 0.25) is 0 Å². The number of primary amides is 1. The zero-order valence-corrected chi connectivity index (χ0v) is 12.3. The van der Waals surface area contributed by atoms with Gasteiger partial charge >= 0.3 is 5.97 Å². The minimum atomic E-state index is -0.571. The topological polar surface area (TPSA) is 87.9 Å². The second-order valence-corrected chi connectivity index (χ2v) is 4.15. The summed E-state index contributed by atoms with van der Waals surface area (Å²) >= 11 is 0. The number of carbonyl (C=O) groups is 2. The van der Waals surface area contributed by atoms with Crippen LogP contribution in [0.3, 0.4) is 0 Å². The number of amides is 1. The van der Waals surface area contributed by atoms with Crippen LogP contribution in [0.25, 0.3) is 0 Å². The maximum atomic E-state index is 11.4. The normalized spacial score (nSPS) is 10.9. The average molecular weight is 293 g/mol. The zero-order valence-electron chi connectivity index (χ0n) is 12.3. The highest BCUT2D eigenvalue weighted by Crippen LogP contribution is 2.22. The molecule has 0 fully saturated rings. The molecule has 0 saturated carbocycles. The number of nitrogens with two attached hydrogens (primary N) is 1. The van der Waals surface area contributed by atoms with Crippen LogP contribution >= 0.6 is 0 Å². The largest absolute Gasteiger partial charge is 0.497 e. The molecule has 21 heavy (non-hydrogen) atoms. The summed E-state index contributed by atoms with van der Waals surface area (Å²) in [5.41, 5.74) is 6.05. The third-order valence-electron chi connectivity index (χ3n) is 2.81. The molecule has 6 heteroatoms. The van der Waals surface area contributed by atoms with Crippen molar-refractivity contribution in [3.05, 3.63) is 35.4 Å². The Bertz CT molecular complexity index is 551. The minimum absolute atomic E-state index is 0.170. The first-order chi connectivity index (χ1) is 10.0. The van der Waals surface area contributed by atoms with Crippen LogP contribution in [0.15, 0.2) is 29.8 Å². The predicted molar refractivity (Wildman–Crippen MR) is 77.4 cm³/mol. The van der Waals surface area contributed by atoms with E-state index in [2.05, 4.69) is 4.74 Å². The highest BCUT2D eigenvalue weighted by Gasteiger charge is 2.08. The molecule has 0 aromatic heterocycles. The van der Waals surface area contributed by atoms with Crippen LogP contribution in [-0.2, 0) is 9.53 Å². The van der Waals surface area contributed by atoms with E-state index in [-0.39, 0.29) is 18.1 Å². The third-order valence-corrected chi connectivity index (χ3v) is 2.81. The van der Waals surface area contributed by atoms with Crippen LogP contribution < -0.4 is 15.2 Å². The number of benzene rings is 1. The number of esters is 1. The molecule has 0 bridgehead atoms. The van der Waals surface area contributed by atoms with Gasteiger partial charge in [0.1, 0.15) is 18.1 Å². The summed E-state index contributed by atoms with van der Waals surface area (Å²) in [5.74, 6) is -0.0589. The number of hydrogen-bond donors (Lipinski definition) is 1. The fourth-order valence-electron chi connectivity index (χ4n) is 1.66. The van der Waals surface area contributed by atoms with Crippen molar-refractivity contribution >= 4 is 11.9 Å². The van der Waals surface area contributed by atoms with Crippen molar-refractivity contribution < 1.29 is 23.8 Å². The van der Waals surface area contributed by atoms with Crippen molar-refractivity contribution in [2.45, 2.75) is 13.3 Å². The zero-order chi connectivity index (χ0) is 15.8. The van der Waals surface area contributed by atoms with Crippen molar-refractivity contribution in [2.24, 2.45) is 5.73 Å². The molecule has 0 unspecified atom stereocenters. The molecule has 0 heterocycles. The number of carbonyl (C=O) groups excluding carboxylic acids is 2. The summed E-state index contributed by atoms with van der Waals surface area (Å²) in [6.45, 7) is 2.02. The Morgan fingerprint density at radius 1 is 1.19 bits per heavy atom. The first-order valence-corrected chi connectivity index (χ1v) is 6.40. The lowest BCUT2D eigenvalue weighted by molar-refractivity contribution is -0.136. The molecule has 1 amide bonds. The Hall–Kier alpha value is -2.50. The maximum Gasteiger partial charge on any atom is 0.333 e. The Morgan fingerprint density at radius 2 is 1.86 bits per heavy atom.